The van der Waals surface area contributed by atoms with Gasteiger partial charge in [0.2, 0.25) is 0 Å². The topological polar surface area (TPSA) is 40.5 Å². The Morgan fingerprint density at radius 1 is 1.53 bits per heavy atom. The largest absolute Gasteiger partial charge is 0.478 e. The SMILES string of the molecule is CC1CCCN(c2ccc(C(=O)O)c(F)c2)C1. The molecule has 0 aromatic heterocycles. The van der Waals surface area contributed by atoms with Crippen molar-refractivity contribution in [1.82, 2.24) is 0 Å². The fourth-order valence-electron chi connectivity index (χ4n) is 2.30. The maximum Gasteiger partial charge on any atom is 0.338 e. The number of hydrogen-bond acceptors (Lipinski definition) is 2. The van der Waals surface area contributed by atoms with E-state index >= 15 is 0 Å². The van der Waals surface area contributed by atoms with Gasteiger partial charge in [-0.1, -0.05) is 6.92 Å². The van der Waals surface area contributed by atoms with Crippen LogP contribution in [0.3, 0.4) is 0 Å². The smallest absolute Gasteiger partial charge is 0.338 e. The average Bonchev–Trinajstić information content (AvgIpc) is 2.28. The molecular formula is C13H16FNO2. The second-order valence-corrected chi connectivity index (χ2v) is 4.66. The van der Waals surface area contributed by atoms with Crippen LogP contribution in [0.15, 0.2) is 18.2 Å². The Kier molecular flexibility index (Phi) is 3.31. The number of nitrogens with zero attached hydrogens (tertiary/aromatic N) is 1. The molecule has 2 rings (SSSR count). The standard InChI is InChI=1S/C13H16FNO2/c1-9-3-2-6-15(8-9)10-4-5-11(13(16)17)12(14)7-10/h4-5,7,9H,2-3,6,8H2,1H3,(H,16,17). The van der Waals surface area contributed by atoms with Gasteiger partial charge in [0, 0.05) is 18.8 Å². The van der Waals surface area contributed by atoms with Crippen LogP contribution in [0.5, 0.6) is 0 Å². The lowest BCUT2D eigenvalue weighted by molar-refractivity contribution is 0.0692. The van der Waals surface area contributed by atoms with Crippen LogP contribution >= 0.6 is 0 Å². The van der Waals surface area contributed by atoms with E-state index in [0.29, 0.717) is 5.92 Å². The zero-order valence-electron chi connectivity index (χ0n) is 9.82. The maximum atomic E-state index is 13.5. The van der Waals surface area contributed by atoms with Crippen molar-refractivity contribution in [3.05, 3.63) is 29.6 Å². The monoisotopic (exact) mass is 237 g/mol. The number of carboxylic acids is 1. The summed E-state index contributed by atoms with van der Waals surface area (Å²) in [6.45, 7) is 4.00. The van der Waals surface area contributed by atoms with Crippen LogP contribution in [0, 0.1) is 11.7 Å². The van der Waals surface area contributed by atoms with Gasteiger partial charge < -0.3 is 10.0 Å². The van der Waals surface area contributed by atoms with Crippen molar-refractivity contribution in [3.63, 3.8) is 0 Å². The van der Waals surface area contributed by atoms with Crippen molar-refractivity contribution in [3.8, 4) is 0 Å². The molecule has 0 bridgehead atoms. The van der Waals surface area contributed by atoms with Crippen LogP contribution in [0.4, 0.5) is 10.1 Å². The van der Waals surface area contributed by atoms with E-state index in [9.17, 15) is 9.18 Å². The minimum Gasteiger partial charge on any atom is -0.478 e. The summed E-state index contributed by atoms with van der Waals surface area (Å²) in [4.78, 5) is 12.8. The van der Waals surface area contributed by atoms with E-state index in [-0.39, 0.29) is 5.56 Å². The molecule has 1 fully saturated rings. The summed E-state index contributed by atoms with van der Waals surface area (Å²) in [6, 6.07) is 4.35. The van der Waals surface area contributed by atoms with Gasteiger partial charge in [0.15, 0.2) is 0 Å². The Hall–Kier alpha value is -1.58. The molecule has 92 valence electrons. The Bertz CT molecular complexity index is 433. The Labute approximate surface area is 99.9 Å². The van der Waals surface area contributed by atoms with Crippen LogP contribution < -0.4 is 4.90 Å². The Balaban J connectivity index is 2.22. The molecular weight excluding hydrogens is 221 g/mol. The van der Waals surface area contributed by atoms with Crippen molar-refractivity contribution in [1.29, 1.82) is 0 Å². The fourth-order valence-corrected chi connectivity index (χ4v) is 2.30. The number of rotatable bonds is 2. The highest BCUT2D eigenvalue weighted by Gasteiger charge is 2.18. The van der Waals surface area contributed by atoms with Crippen LogP contribution in [0.2, 0.25) is 0 Å². The van der Waals surface area contributed by atoms with Crippen molar-refractivity contribution in [2.75, 3.05) is 18.0 Å². The van der Waals surface area contributed by atoms with E-state index < -0.39 is 11.8 Å². The number of carboxylic acid groups (broad SMARTS) is 1. The van der Waals surface area contributed by atoms with Gasteiger partial charge in [-0.2, -0.15) is 0 Å². The minimum absolute atomic E-state index is 0.265. The van der Waals surface area contributed by atoms with E-state index in [1.807, 2.05) is 0 Å². The summed E-state index contributed by atoms with van der Waals surface area (Å²) in [6.07, 6.45) is 2.30. The van der Waals surface area contributed by atoms with Crippen molar-refractivity contribution in [2.45, 2.75) is 19.8 Å². The minimum atomic E-state index is -1.22. The zero-order chi connectivity index (χ0) is 12.4. The van der Waals surface area contributed by atoms with Gasteiger partial charge in [-0.3, -0.25) is 0 Å². The summed E-state index contributed by atoms with van der Waals surface area (Å²) in [5.41, 5.74) is 0.512. The number of anilines is 1. The lowest BCUT2D eigenvalue weighted by atomic mass is 9.99. The van der Waals surface area contributed by atoms with E-state index in [1.54, 1.807) is 6.07 Å². The molecule has 0 aliphatic carbocycles. The molecule has 1 unspecified atom stereocenters. The zero-order valence-corrected chi connectivity index (χ0v) is 9.82. The third-order valence-electron chi connectivity index (χ3n) is 3.21. The number of benzene rings is 1. The second-order valence-electron chi connectivity index (χ2n) is 4.66. The van der Waals surface area contributed by atoms with Gasteiger partial charge >= 0.3 is 5.97 Å². The highest BCUT2D eigenvalue weighted by atomic mass is 19.1. The molecule has 1 aromatic carbocycles. The third-order valence-corrected chi connectivity index (χ3v) is 3.21. The molecule has 1 aliphatic rings. The quantitative estimate of drug-likeness (QED) is 0.859. The normalized spacial score (nSPS) is 20.4. The number of piperidine rings is 1. The van der Waals surface area contributed by atoms with Gasteiger partial charge in [-0.15, -0.1) is 0 Å². The lowest BCUT2D eigenvalue weighted by Gasteiger charge is -2.32. The molecule has 0 saturated carbocycles. The maximum absolute atomic E-state index is 13.5. The van der Waals surface area contributed by atoms with Crippen molar-refractivity contribution in [2.24, 2.45) is 5.92 Å². The average molecular weight is 237 g/mol. The highest BCUT2D eigenvalue weighted by molar-refractivity contribution is 5.88. The van der Waals surface area contributed by atoms with Crippen LogP contribution in [-0.4, -0.2) is 24.2 Å². The van der Waals surface area contributed by atoms with Gasteiger partial charge in [0.1, 0.15) is 5.82 Å². The van der Waals surface area contributed by atoms with Crippen LogP contribution in [0.25, 0.3) is 0 Å². The van der Waals surface area contributed by atoms with Crippen LogP contribution in [0.1, 0.15) is 30.1 Å². The third kappa shape index (κ3) is 2.57. The predicted molar refractivity (Wildman–Crippen MR) is 64.0 cm³/mol. The molecule has 1 heterocycles. The van der Waals surface area contributed by atoms with E-state index in [2.05, 4.69) is 11.8 Å². The summed E-state index contributed by atoms with van der Waals surface area (Å²) in [5, 5.41) is 8.76. The van der Waals surface area contributed by atoms with Crippen molar-refractivity contribution >= 4 is 11.7 Å². The van der Waals surface area contributed by atoms with Crippen molar-refractivity contribution < 1.29 is 14.3 Å². The molecule has 1 aromatic rings. The first-order chi connectivity index (χ1) is 8.08. The van der Waals surface area contributed by atoms with E-state index in [1.165, 1.54) is 18.6 Å². The van der Waals surface area contributed by atoms with E-state index in [4.69, 9.17) is 5.11 Å². The van der Waals surface area contributed by atoms with E-state index in [0.717, 1.165) is 25.2 Å². The Morgan fingerprint density at radius 2 is 2.29 bits per heavy atom. The summed E-state index contributed by atoms with van der Waals surface area (Å²) < 4.78 is 13.5. The first kappa shape index (κ1) is 11.9. The Morgan fingerprint density at radius 3 is 2.88 bits per heavy atom. The summed E-state index contributed by atoms with van der Waals surface area (Å²) >= 11 is 0. The summed E-state index contributed by atoms with van der Waals surface area (Å²) in [7, 11) is 0. The molecule has 3 nitrogen and oxygen atoms in total. The van der Waals surface area contributed by atoms with Gasteiger partial charge in [0.05, 0.1) is 5.56 Å². The number of hydrogen-bond donors (Lipinski definition) is 1. The molecule has 0 radical (unpaired) electrons. The molecule has 0 amide bonds. The van der Waals surface area contributed by atoms with Crippen LogP contribution in [-0.2, 0) is 0 Å². The number of aromatic carboxylic acids is 1. The fraction of sp³-hybridized carbons (Fsp3) is 0.462. The highest BCUT2D eigenvalue weighted by Crippen LogP contribution is 2.24. The predicted octanol–water partition coefficient (Wildman–Crippen LogP) is 2.76. The molecule has 1 N–H and O–H groups in total. The van der Waals surface area contributed by atoms with Gasteiger partial charge in [0.25, 0.3) is 0 Å². The molecule has 17 heavy (non-hydrogen) atoms. The lowest BCUT2D eigenvalue weighted by Crippen LogP contribution is -2.34. The van der Waals surface area contributed by atoms with Gasteiger partial charge in [-0.05, 0) is 37.0 Å². The first-order valence-electron chi connectivity index (χ1n) is 5.85. The molecule has 1 saturated heterocycles. The van der Waals surface area contributed by atoms with Gasteiger partial charge in [-0.25, -0.2) is 9.18 Å². The molecule has 1 aliphatic heterocycles. The molecule has 4 heteroatoms. The summed E-state index contributed by atoms with van der Waals surface area (Å²) in [5.74, 6) is -1.28. The number of carbonyl (C=O) groups is 1. The molecule has 0 spiro atoms. The second kappa shape index (κ2) is 4.73. The molecule has 1 atom stereocenters. The number of halogens is 1. The first-order valence-corrected chi connectivity index (χ1v) is 5.85.